The van der Waals surface area contributed by atoms with Gasteiger partial charge in [0.2, 0.25) is 0 Å². The number of carbonyl (C=O) groups excluding carboxylic acids is 1. The van der Waals surface area contributed by atoms with Crippen LogP contribution in [-0.4, -0.2) is 11.9 Å². The van der Waals surface area contributed by atoms with Gasteiger partial charge in [0.05, 0.1) is 5.56 Å². The average Bonchev–Trinajstić information content (AvgIpc) is 3.53. The van der Waals surface area contributed by atoms with Crippen molar-refractivity contribution in [3.05, 3.63) is 101 Å². The first-order valence-corrected chi connectivity index (χ1v) is 9.86. The quantitative estimate of drug-likeness (QED) is 0.492. The highest BCUT2D eigenvalue weighted by Crippen LogP contribution is 2.41. The number of benzene rings is 3. The molecular weight excluding hydrogens is 408 g/mol. The van der Waals surface area contributed by atoms with Gasteiger partial charge in [-0.05, 0) is 48.4 Å². The molecule has 0 bridgehead atoms. The zero-order chi connectivity index (χ0) is 22.0. The molecule has 0 spiro atoms. The molecule has 1 aliphatic carbocycles. The fourth-order valence-corrected chi connectivity index (χ4v) is 3.53. The predicted octanol–water partition coefficient (Wildman–Crippen LogP) is 5.74. The summed E-state index contributed by atoms with van der Waals surface area (Å²) in [6.07, 6.45) is -3.57. The fourth-order valence-electron chi connectivity index (χ4n) is 3.53. The molecule has 7 heteroatoms. The van der Waals surface area contributed by atoms with Crippen molar-refractivity contribution in [3.63, 3.8) is 0 Å². The number of amides is 1. The van der Waals surface area contributed by atoms with Crippen LogP contribution in [0.1, 0.15) is 39.4 Å². The van der Waals surface area contributed by atoms with Crippen LogP contribution in [0.15, 0.2) is 72.8 Å². The lowest BCUT2D eigenvalue weighted by molar-refractivity contribution is -0.137. The van der Waals surface area contributed by atoms with Gasteiger partial charge in [0.15, 0.2) is 0 Å². The van der Waals surface area contributed by atoms with Gasteiger partial charge in [-0.3, -0.25) is 4.79 Å². The largest absolute Gasteiger partial charge is 0.416 e. The first kappa shape index (κ1) is 21.1. The number of hydrogen-bond donors (Lipinski definition) is 2. The van der Waals surface area contributed by atoms with Crippen molar-refractivity contribution in [3.8, 4) is 0 Å². The Kier molecular flexibility index (Phi) is 5.78. The summed E-state index contributed by atoms with van der Waals surface area (Å²) in [6.45, 7) is 0.457. The van der Waals surface area contributed by atoms with Gasteiger partial charge in [0, 0.05) is 35.3 Å². The molecule has 1 saturated carbocycles. The monoisotopic (exact) mass is 428 g/mol. The Morgan fingerprint density at radius 1 is 0.968 bits per heavy atom. The van der Waals surface area contributed by atoms with Gasteiger partial charge in [-0.15, -0.1) is 0 Å². The van der Waals surface area contributed by atoms with Crippen molar-refractivity contribution in [2.24, 2.45) is 0 Å². The molecule has 0 aromatic heterocycles. The fraction of sp³-hybridized carbons (Fsp3) is 0.208. The van der Waals surface area contributed by atoms with Gasteiger partial charge < -0.3 is 10.6 Å². The Hall–Kier alpha value is -3.19. The zero-order valence-electron chi connectivity index (χ0n) is 16.4. The van der Waals surface area contributed by atoms with E-state index in [1.807, 2.05) is 12.1 Å². The highest BCUT2D eigenvalue weighted by molar-refractivity contribution is 6.04. The molecule has 3 aromatic rings. The van der Waals surface area contributed by atoms with Crippen molar-refractivity contribution >= 4 is 11.6 Å². The Balaban J connectivity index is 1.33. The van der Waals surface area contributed by atoms with Crippen LogP contribution in [0.3, 0.4) is 0 Å². The topological polar surface area (TPSA) is 41.1 Å². The molecular formula is C24H20F4N2O. The molecule has 1 fully saturated rings. The second-order valence-corrected chi connectivity index (χ2v) is 7.58. The summed E-state index contributed by atoms with van der Waals surface area (Å²) < 4.78 is 52.2. The first-order valence-electron chi connectivity index (χ1n) is 9.86. The third-order valence-corrected chi connectivity index (χ3v) is 5.35. The van der Waals surface area contributed by atoms with Crippen LogP contribution in [-0.2, 0) is 12.7 Å². The summed E-state index contributed by atoms with van der Waals surface area (Å²) in [5, 5.41) is 5.97. The first-order chi connectivity index (χ1) is 14.8. The molecule has 0 radical (unpaired) electrons. The maximum atomic E-state index is 13.7. The van der Waals surface area contributed by atoms with Gasteiger partial charge in [-0.1, -0.05) is 36.4 Å². The summed E-state index contributed by atoms with van der Waals surface area (Å²) in [4.78, 5) is 12.3. The minimum absolute atomic E-state index is 0.0569. The lowest BCUT2D eigenvalue weighted by Crippen LogP contribution is -2.18. The van der Waals surface area contributed by atoms with E-state index in [0.717, 1.165) is 24.1 Å². The van der Waals surface area contributed by atoms with E-state index < -0.39 is 17.6 Å². The van der Waals surface area contributed by atoms with Crippen molar-refractivity contribution in [2.75, 3.05) is 5.32 Å². The summed E-state index contributed by atoms with van der Waals surface area (Å²) in [5.41, 5.74) is 1.29. The third kappa shape index (κ3) is 5.11. The third-order valence-electron chi connectivity index (χ3n) is 5.35. The summed E-state index contributed by atoms with van der Waals surface area (Å²) in [6, 6.07) is 18.5. The summed E-state index contributed by atoms with van der Waals surface area (Å²) in [7, 11) is 0. The van der Waals surface area contributed by atoms with E-state index in [-0.39, 0.29) is 17.4 Å². The van der Waals surface area contributed by atoms with E-state index in [1.165, 1.54) is 18.2 Å². The Morgan fingerprint density at radius 2 is 1.71 bits per heavy atom. The van der Waals surface area contributed by atoms with E-state index in [2.05, 4.69) is 10.6 Å². The summed E-state index contributed by atoms with van der Waals surface area (Å²) in [5.74, 6) is -0.525. The standard InChI is InChI=1S/C24H20F4N2O/c25-21-7-2-1-4-17(21)14-29-22-13-20(22)15-8-10-19(11-9-15)30-23(31)16-5-3-6-18(12-16)24(26,27)28/h1-12,20,22,29H,13-14H2,(H,30,31). The molecule has 0 heterocycles. The van der Waals surface area contributed by atoms with Crippen LogP contribution in [0.5, 0.6) is 0 Å². The van der Waals surface area contributed by atoms with Crippen LogP contribution in [0.25, 0.3) is 0 Å². The maximum Gasteiger partial charge on any atom is 0.416 e. The molecule has 1 amide bonds. The van der Waals surface area contributed by atoms with Gasteiger partial charge >= 0.3 is 6.18 Å². The maximum absolute atomic E-state index is 13.7. The Morgan fingerprint density at radius 3 is 2.42 bits per heavy atom. The molecule has 160 valence electrons. The van der Waals surface area contributed by atoms with Crippen molar-refractivity contribution in [1.29, 1.82) is 0 Å². The van der Waals surface area contributed by atoms with Crippen molar-refractivity contribution in [1.82, 2.24) is 5.32 Å². The van der Waals surface area contributed by atoms with E-state index in [1.54, 1.807) is 30.3 Å². The SMILES string of the molecule is O=C(Nc1ccc(C2CC2NCc2ccccc2F)cc1)c1cccc(C(F)(F)F)c1. The number of anilines is 1. The molecule has 4 rings (SSSR count). The molecule has 1 aliphatic rings. The second-order valence-electron chi connectivity index (χ2n) is 7.58. The molecule has 2 atom stereocenters. The van der Waals surface area contributed by atoms with Crippen LogP contribution in [0.4, 0.5) is 23.2 Å². The lowest BCUT2D eigenvalue weighted by Gasteiger charge is -2.10. The zero-order valence-corrected chi connectivity index (χ0v) is 16.4. The number of hydrogen-bond acceptors (Lipinski definition) is 2. The highest BCUT2D eigenvalue weighted by Gasteiger charge is 2.37. The molecule has 2 N–H and O–H groups in total. The van der Waals surface area contributed by atoms with Crippen LogP contribution < -0.4 is 10.6 Å². The Bertz CT molecular complexity index is 1080. The van der Waals surface area contributed by atoms with Gasteiger partial charge in [0.1, 0.15) is 5.82 Å². The van der Waals surface area contributed by atoms with E-state index >= 15 is 0 Å². The van der Waals surface area contributed by atoms with Crippen molar-refractivity contribution in [2.45, 2.75) is 31.1 Å². The second kappa shape index (κ2) is 8.51. The molecule has 0 saturated heterocycles. The number of carbonyl (C=O) groups is 1. The van der Waals surface area contributed by atoms with Gasteiger partial charge in [0.25, 0.3) is 5.91 Å². The van der Waals surface area contributed by atoms with Crippen LogP contribution >= 0.6 is 0 Å². The molecule has 2 unspecified atom stereocenters. The molecule has 31 heavy (non-hydrogen) atoms. The number of halogens is 4. The van der Waals surface area contributed by atoms with E-state index in [0.29, 0.717) is 23.7 Å². The average molecular weight is 428 g/mol. The van der Waals surface area contributed by atoms with Crippen LogP contribution in [0, 0.1) is 5.82 Å². The number of rotatable bonds is 6. The number of nitrogens with one attached hydrogen (secondary N) is 2. The lowest BCUT2D eigenvalue weighted by atomic mass is 10.1. The van der Waals surface area contributed by atoms with Crippen molar-refractivity contribution < 1.29 is 22.4 Å². The minimum atomic E-state index is -4.50. The smallest absolute Gasteiger partial charge is 0.322 e. The Labute approximate surface area is 177 Å². The molecule has 0 aliphatic heterocycles. The highest BCUT2D eigenvalue weighted by atomic mass is 19.4. The summed E-state index contributed by atoms with van der Waals surface area (Å²) >= 11 is 0. The minimum Gasteiger partial charge on any atom is -0.322 e. The number of alkyl halides is 3. The normalized spacial score (nSPS) is 17.9. The molecule has 3 nitrogen and oxygen atoms in total. The van der Waals surface area contributed by atoms with Crippen LogP contribution in [0.2, 0.25) is 0 Å². The van der Waals surface area contributed by atoms with E-state index in [4.69, 9.17) is 0 Å². The van der Waals surface area contributed by atoms with Gasteiger partial charge in [-0.25, -0.2) is 4.39 Å². The van der Waals surface area contributed by atoms with Gasteiger partial charge in [-0.2, -0.15) is 13.2 Å². The predicted molar refractivity (Wildman–Crippen MR) is 110 cm³/mol. The van der Waals surface area contributed by atoms with E-state index in [9.17, 15) is 22.4 Å². The molecule has 3 aromatic carbocycles.